The van der Waals surface area contributed by atoms with E-state index in [0.717, 1.165) is 5.69 Å². The minimum atomic E-state index is -0.429. The molecule has 1 unspecified atom stereocenters. The molecule has 0 aliphatic carbocycles. The fourth-order valence-corrected chi connectivity index (χ4v) is 2.10. The second-order valence-electron chi connectivity index (χ2n) is 4.63. The van der Waals surface area contributed by atoms with Crippen LogP contribution in [0, 0.1) is 5.92 Å². The zero-order chi connectivity index (χ0) is 13.1. The first-order valence-electron chi connectivity index (χ1n) is 5.91. The number of nitrogens with zero attached hydrogens (tertiary/aromatic N) is 3. The molecule has 0 saturated carbocycles. The Morgan fingerprint density at radius 3 is 2.89 bits per heavy atom. The van der Waals surface area contributed by atoms with E-state index in [9.17, 15) is 9.59 Å². The van der Waals surface area contributed by atoms with Crippen molar-refractivity contribution in [3.8, 4) is 0 Å². The number of piperazine rings is 1. The van der Waals surface area contributed by atoms with E-state index in [0.29, 0.717) is 6.54 Å². The van der Waals surface area contributed by atoms with Gasteiger partial charge in [0.25, 0.3) is 0 Å². The number of aromatic nitrogens is 2. The maximum absolute atomic E-state index is 11.9. The Balaban J connectivity index is 2.21. The van der Waals surface area contributed by atoms with Gasteiger partial charge in [0, 0.05) is 6.20 Å². The number of amides is 2. The van der Waals surface area contributed by atoms with Gasteiger partial charge in [0.15, 0.2) is 0 Å². The van der Waals surface area contributed by atoms with Crippen molar-refractivity contribution >= 4 is 11.8 Å². The molecule has 1 atom stereocenters. The minimum Gasteiger partial charge on any atom is -0.345 e. The predicted octanol–water partition coefficient (Wildman–Crippen LogP) is -0.0404. The fraction of sp³-hybridized carbons (Fsp3) is 0.500. The summed E-state index contributed by atoms with van der Waals surface area (Å²) in [5.41, 5.74) is 0.735. The van der Waals surface area contributed by atoms with Crippen LogP contribution in [-0.2, 0) is 16.1 Å². The van der Waals surface area contributed by atoms with Crippen molar-refractivity contribution in [3.05, 3.63) is 24.3 Å². The highest BCUT2D eigenvalue weighted by molar-refractivity contribution is 5.94. The average molecular weight is 248 g/mol. The van der Waals surface area contributed by atoms with Crippen molar-refractivity contribution in [2.45, 2.75) is 26.4 Å². The number of carbonyl (C=O) groups excluding carboxylic acids is 2. The lowest BCUT2D eigenvalue weighted by molar-refractivity contribution is -0.148. The lowest BCUT2D eigenvalue weighted by Crippen LogP contribution is -2.59. The van der Waals surface area contributed by atoms with Crippen molar-refractivity contribution in [2.75, 3.05) is 6.54 Å². The van der Waals surface area contributed by atoms with Crippen LogP contribution in [0.1, 0.15) is 19.5 Å². The van der Waals surface area contributed by atoms with E-state index >= 15 is 0 Å². The van der Waals surface area contributed by atoms with Gasteiger partial charge in [0.1, 0.15) is 12.4 Å². The van der Waals surface area contributed by atoms with Crippen molar-refractivity contribution < 1.29 is 9.59 Å². The van der Waals surface area contributed by atoms with Crippen molar-refractivity contribution in [1.82, 2.24) is 20.2 Å². The Labute approximate surface area is 105 Å². The summed E-state index contributed by atoms with van der Waals surface area (Å²) in [6.07, 6.45) is 3.06. The quantitative estimate of drug-likeness (QED) is 0.814. The number of hydrogen-bond donors (Lipinski definition) is 1. The first-order valence-corrected chi connectivity index (χ1v) is 5.91. The molecule has 2 amide bonds. The number of hydrogen-bond acceptors (Lipinski definition) is 4. The maximum atomic E-state index is 11.9. The molecule has 6 heteroatoms. The zero-order valence-electron chi connectivity index (χ0n) is 10.5. The molecular weight excluding hydrogens is 232 g/mol. The molecule has 0 spiro atoms. The fourth-order valence-electron chi connectivity index (χ4n) is 2.10. The number of rotatable bonds is 3. The van der Waals surface area contributed by atoms with Crippen LogP contribution in [0.25, 0.3) is 0 Å². The summed E-state index contributed by atoms with van der Waals surface area (Å²) in [4.78, 5) is 33.3. The molecule has 1 aromatic heterocycles. The Morgan fingerprint density at radius 2 is 2.28 bits per heavy atom. The van der Waals surface area contributed by atoms with Crippen LogP contribution < -0.4 is 5.32 Å². The van der Waals surface area contributed by atoms with Crippen LogP contribution in [0.3, 0.4) is 0 Å². The predicted molar refractivity (Wildman–Crippen MR) is 64.2 cm³/mol. The minimum absolute atomic E-state index is 0.0626. The van der Waals surface area contributed by atoms with E-state index in [1.807, 2.05) is 13.8 Å². The highest BCUT2D eigenvalue weighted by atomic mass is 16.2. The molecule has 1 aliphatic heterocycles. The normalized spacial score (nSPS) is 20.2. The lowest BCUT2D eigenvalue weighted by Gasteiger charge is -2.36. The van der Waals surface area contributed by atoms with Crippen LogP contribution in [0.5, 0.6) is 0 Å². The van der Waals surface area contributed by atoms with Gasteiger partial charge in [0.05, 0.1) is 18.8 Å². The van der Waals surface area contributed by atoms with Crippen LogP contribution in [0.4, 0.5) is 0 Å². The molecule has 1 saturated heterocycles. The third kappa shape index (κ3) is 2.47. The number of nitrogens with one attached hydrogen (secondary N) is 1. The molecule has 1 N–H and O–H groups in total. The molecule has 1 aliphatic rings. The lowest BCUT2D eigenvalue weighted by atomic mass is 9.99. The first kappa shape index (κ1) is 12.5. The molecule has 2 heterocycles. The molecule has 1 aromatic rings. The van der Waals surface area contributed by atoms with Crippen molar-refractivity contribution in [2.24, 2.45) is 5.92 Å². The van der Waals surface area contributed by atoms with Gasteiger partial charge in [-0.15, -0.1) is 0 Å². The van der Waals surface area contributed by atoms with Gasteiger partial charge in [0.2, 0.25) is 11.8 Å². The van der Waals surface area contributed by atoms with Gasteiger partial charge >= 0.3 is 0 Å². The van der Waals surface area contributed by atoms with Crippen LogP contribution in [0.2, 0.25) is 0 Å². The van der Waals surface area contributed by atoms with E-state index < -0.39 is 6.04 Å². The summed E-state index contributed by atoms with van der Waals surface area (Å²) < 4.78 is 0. The molecule has 1 fully saturated rings. The molecule has 6 nitrogen and oxygen atoms in total. The van der Waals surface area contributed by atoms with Gasteiger partial charge in [-0.25, -0.2) is 9.97 Å². The van der Waals surface area contributed by atoms with Crippen LogP contribution in [-0.4, -0.2) is 39.3 Å². The van der Waals surface area contributed by atoms with Crippen molar-refractivity contribution in [3.63, 3.8) is 0 Å². The Morgan fingerprint density at radius 1 is 1.50 bits per heavy atom. The Kier molecular flexibility index (Phi) is 3.55. The summed E-state index contributed by atoms with van der Waals surface area (Å²) in [6, 6.07) is 1.32. The Bertz CT molecular complexity index is 447. The average Bonchev–Trinajstić information content (AvgIpc) is 2.35. The standard InChI is InChI=1S/C12H16N4O2/c1-8(2)11-12(18)14-5-10(17)16(11)6-9-3-4-13-7-15-9/h3-4,7-8,11H,5-6H2,1-2H3,(H,14,18). The monoisotopic (exact) mass is 248 g/mol. The molecule has 18 heavy (non-hydrogen) atoms. The summed E-state index contributed by atoms with van der Waals surface area (Å²) in [7, 11) is 0. The van der Waals surface area contributed by atoms with Crippen molar-refractivity contribution in [1.29, 1.82) is 0 Å². The van der Waals surface area contributed by atoms with Gasteiger partial charge in [-0.3, -0.25) is 9.59 Å². The first-order chi connectivity index (χ1) is 8.59. The van der Waals surface area contributed by atoms with Gasteiger partial charge in [-0.2, -0.15) is 0 Å². The van der Waals surface area contributed by atoms with Gasteiger partial charge in [-0.1, -0.05) is 13.8 Å². The topological polar surface area (TPSA) is 75.2 Å². The third-order valence-corrected chi connectivity index (χ3v) is 2.95. The summed E-state index contributed by atoms with van der Waals surface area (Å²) >= 11 is 0. The highest BCUT2D eigenvalue weighted by Gasteiger charge is 2.36. The molecule has 96 valence electrons. The second-order valence-corrected chi connectivity index (χ2v) is 4.63. The van der Waals surface area contributed by atoms with E-state index in [4.69, 9.17) is 0 Å². The van der Waals surface area contributed by atoms with E-state index in [-0.39, 0.29) is 24.3 Å². The number of carbonyl (C=O) groups is 2. The van der Waals surface area contributed by atoms with Crippen LogP contribution >= 0.6 is 0 Å². The van der Waals surface area contributed by atoms with Gasteiger partial charge in [-0.05, 0) is 12.0 Å². The highest BCUT2D eigenvalue weighted by Crippen LogP contribution is 2.17. The molecule has 0 aromatic carbocycles. The van der Waals surface area contributed by atoms with Crippen LogP contribution in [0.15, 0.2) is 18.6 Å². The summed E-state index contributed by atoms with van der Waals surface area (Å²) in [6.45, 7) is 4.26. The zero-order valence-corrected chi connectivity index (χ0v) is 10.5. The van der Waals surface area contributed by atoms with Gasteiger partial charge < -0.3 is 10.2 Å². The molecular formula is C12H16N4O2. The third-order valence-electron chi connectivity index (χ3n) is 2.95. The largest absolute Gasteiger partial charge is 0.345 e. The molecule has 0 bridgehead atoms. The SMILES string of the molecule is CC(C)C1C(=O)NCC(=O)N1Cc1ccncn1. The molecule has 2 rings (SSSR count). The molecule has 0 radical (unpaired) electrons. The van der Waals surface area contributed by atoms with E-state index in [2.05, 4.69) is 15.3 Å². The summed E-state index contributed by atoms with van der Waals surface area (Å²) in [5, 5.41) is 2.62. The van der Waals surface area contributed by atoms with E-state index in [1.165, 1.54) is 6.33 Å². The second kappa shape index (κ2) is 5.12. The maximum Gasteiger partial charge on any atom is 0.243 e. The Hall–Kier alpha value is -1.98. The smallest absolute Gasteiger partial charge is 0.243 e. The van der Waals surface area contributed by atoms with E-state index in [1.54, 1.807) is 17.2 Å². The summed E-state index contributed by atoms with van der Waals surface area (Å²) in [5.74, 6) is -0.110.